The van der Waals surface area contributed by atoms with Crippen molar-refractivity contribution in [3.63, 3.8) is 0 Å². The molecule has 1 N–H and O–H groups in total. The van der Waals surface area contributed by atoms with Gasteiger partial charge in [-0.3, -0.25) is 0 Å². The fourth-order valence-electron chi connectivity index (χ4n) is 1.63. The first kappa shape index (κ1) is 8.36. The zero-order valence-corrected chi connectivity index (χ0v) is 7.96. The SMILES string of the molecule is CCC1C=Cc2ccccc2NC1. The lowest BCUT2D eigenvalue weighted by Gasteiger charge is -2.09. The van der Waals surface area contributed by atoms with E-state index in [2.05, 4.69) is 48.7 Å². The van der Waals surface area contributed by atoms with Gasteiger partial charge >= 0.3 is 0 Å². The van der Waals surface area contributed by atoms with Crippen LogP contribution in [0.3, 0.4) is 0 Å². The molecule has 68 valence electrons. The molecule has 0 aromatic heterocycles. The van der Waals surface area contributed by atoms with Gasteiger partial charge in [0.2, 0.25) is 0 Å². The topological polar surface area (TPSA) is 12.0 Å². The monoisotopic (exact) mass is 173 g/mol. The maximum absolute atomic E-state index is 3.46. The second kappa shape index (κ2) is 3.65. The summed E-state index contributed by atoms with van der Waals surface area (Å²) >= 11 is 0. The second-order valence-corrected chi connectivity index (χ2v) is 3.50. The Morgan fingerprint density at radius 1 is 1.38 bits per heavy atom. The van der Waals surface area contributed by atoms with E-state index in [1.807, 2.05) is 0 Å². The van der Waals surface area contributed by atoms with Crippen LogP contribution in [0.4, 0.5) is 5.69 Å². The van der Waals surface area contributed by atoms with E-state index in [1.54, 1.807) is 0 Å². The largest absolute Gasteiger partial charge is 0.384 e. The molecule has 0 saturated heterocycles. The first-order valence-electron chi connectivity index (χ1n) is 4.91. The van der Waals surface area contributed by atoms with Gasteiger partial charge in [0.25, 0.3) is 0 Å². The number of anilines is 1. The molecule has 1 atom stereocenters. The molecule has 0 fully saturated rings. The highest BCUT2D eigenvalue weighted by Crippen LogP contribution is 2.22. The minimum Gasteiger partial charge on any atom is -0.384 e. The van der Waals surface area contributed by atoms with E-state index in [1.165, 1.54) is 17.7 Å². The predicted molar refractivity (Wildman–Crippen MR) is 57.7 cm³/mol. The normalized spacial score (nSPS) is 20.2. The summed E-state index contributed by atoms with van der Waals surface area (Å²) in [6.45, 7) is 3.29. The molecule has 0 saturated carbocycles. The fraction of sp³-hybridized carbons (Fsp3) is 0.333. The lowest BCUT2D eigenvalue weighted by Crippen LogP contribution is -2.09. The van der Waals surface area contributed by atoms with E-state index in [-0.39, 0.29) is 0 Å². The van der Waals surface area contributed by atoms with Crippen molar-refractivity contribution in [3.8, 4) is 0 Å². The lowest BCUT2D eigenvalue weighted by molar-refractivity contribution is 0.665. The Morgan fingerprint density at radius 2 is 2.23 bits per heavy atom. The van der Waals surface area contributed by atoms with E-state index >= 15 is 0 Å². The summed E-state index contributed by atoms with van der Waals surface area (Å²) < 4.78 is 0. The van der Waals surface area contributed by atoms with Crippen molar-refractivity contribution in [2.24, 2.45) is 5.92 Å². The third-order valence-corrected chi connectivity index (χ3v) is 2.59. The third kappa shape index (κ3) is 1.74. The van der Waals surface area contributed by atoms with Crippen LogP contribution in [0, 0.1) is 5.92 Å². The van der Waals surface area contributed by atoms with Crippen LogP contribution in [-0.2, 0) is 0 Å². The summed E-state index contributed by atoms with van der Waals surface area (Å²) in [5.74, 6) is 0.674. The fourth-order valence-corrected chi connectivity index (χ4v) is 1.63. The van der Waals surface area contributed by atoms with Gasteiger partial charge in [-0.1, -0.05) is 37.3 Å². The van der Waals surface area contributed by atoms with Crippen LogP contribution < -0.4 is 5.32 Å². The average Bonchev–Trinajstić information content (AvgIpc) is 2.39. The number of rotatable bonds is 1. The van der Waals surface area contributed by atoms with E-state index in [0.717, 1.165) is 6.54 Å². The average molecular weight is 173 g/mol. The quantitative estimate of drug-likeness (QED) is 0.688. The van der Waals surface area contributed by atoms with Crippen LogP contribution in [0.15, 0.2) is 30.3 Å². The number of nitrogens with one attached hydrogen (secondary N) is 1. The molecule has 1 aromatic rings. The second-order valence-electron chi connectivity index (χ2n) is 3.50. The molecule has 1 aromatic carbocycles. The van der Waals surface area contributed by atoms with E-state index in [0.29, 0.717) is 5.92 Å². The molecule has 1 aliphatic rings. The van der Waals surface area contributed by atoms with Gasteiger partial charge in [-0.15, -0.1) is 0 Å². The molecule has 13 heavy (non-hydrogen) atoms. The zero-order valence-electron chi connectivity index (χ0n) is 7.96. The Balaban J connectivity index is 2.28. The lowest BCUT2D eigenvalue weighted by atomic mass is 10.1. The van der Waals surface area contributed by atoms with Crippen LogP contribution in [0.25, 0.3) is 6.08 Å². The summed E-state index contributed by atoms with van der Waals surface area (Å²) in [5, 5.41) is 3.46. The summed E-state index contributed by atoms with van der Waals surface area (Å²) in [6, 6.07) is 8.44. The number of hydrogen-bond donors (Lipinski definition) is 1. The van der Waals surface area contributed by atoms with Crippen molar-refractivity contribution in [3.05, 3.63) is 35.9 Å². The van der Waals surface area contributed by atoms with Crippen LogP contribution in [0.2, 0.25) is 0 Å². The van der Waals surface area contributed by atoms with Gasteiger partial charge < -0.3 is 5.32 Å². The van der Waals surface area contributed by atoms with E-state index < -0.39 is 0 Å². The highest BCUT2D eigenvalue weighted by atomic mass is 14.9. The molecule has 1 heteroatoms. The van der Waals surface area contributed by atoms with Crippen LogP contribution in [0.1, 0.15) is 18.9 Å². The maximum Gasteiger partial charge on any atom is 0.0413 e. The molecule has 1 nitrogen and oxygen atoms in total. The van der Waals surface area contributed by atoms with Gasteiger partial charge in [0.15, 0.2) is 0 Å². The van der Waals surface area contributed by atoms with Gasteiger partial charge in [0.1, 0.15) is 0 Å². The van der Waals surface area contributed by atoms with E-state index in [4.69, 9.17) is 0 Å². The smallest absolute Gasteiger partial charge is 0.0413 e. The maximum atomic E-state index is 3.46. The van der Waals surface area contributed by atoms with Crippen molar-refractivity contribution in [1.82, 2.24) is 0 Å². The van der Waals surface area contributed by atoms with Crippen molar-refractivity contribution < 1.29 is 0 Å². The van der Waals surface area contributed by atoms with Crippen LogP contribution in [0.5, 0.6) is 0 Å². The Labute approximate surface area is 79.5 Å². The van der Waals surface area contributed by atoms with Crippen molar-refractivity contribution >= 4 is 11.8 Å². The predicted octanol–water partition coefficient (Wildman–Crippen LogP) is 3.15. The molecule has 1 aliphatic heterocycles. The van der Waals surface area contributed by atoms with Crippen molar-refractivity contribution in [2.45, 2.75) is 13.3 Å². The molecule has 0 aliphatic carbocycles. The minimum atomic E-state index is 0.674. The van der Waals surface area contributed by atoms with Crippen LogP contribution in [-0.4, -0.2) is 6.54 Å². The zero-order chi connectivity index (χ0) is 9.10. The summed E-state index contributed by atoms with van der Waals surface area (Å²) in [7, 11) is 0. The molecule has 0 amide bonds. The van der Waals surface area contributed by atoms with Gasteiger partial charge in [0, 0.05) is 12.2 Å². The number of benzene rings is 1. The molecule has 2 rings (SSSR count). The van der Waals surface area contributed by atoms with Crippen LogP contribution >= 0.6 is 0 Å². The standard InChI is InChI=1S/C12H15N/c1-2-10-7-8-11-5-3-4-6-12(11)13-9-10/h3-8,10,13H,2,9H2,1H3. The Bertz CT molecular complexity index is 315. The van der Waals surface area contributed by atoms with Crippen molar-refractivity contribution in [1.29, 1.82) is 0 Å². The number of fused-ring (bicyclic) bond motifs is 1. The molecule has 0 radical (unpaired) electrons. The number of para-hydroxylation sites is 1. The third-order valence-electron chi connectivity index (χ3n) is 2.59. The summed E-state index contributed by atoms with van der Waals surface area (Å²) in [4.78, 5) is 0. The highest BCUT2D eigenvalue weighted by molar-refractivity contribution is 5.67. The Morgan fingerprint density at radius 3 is 3.08 bits per heavy atom. The van der Waals surface area contributed by atoms with Gasteiger partial charge in [-0.2, -0.15) is 0 Å². The molecule has 1 heterocycles. The molecule has 0 spiro atoms. The van der Waals surface area contributed by atoms with E-state index in [9.17, 15) is 0 Å². The first-order valence-corrected chi connectivity index (χ1v) is 4.91. The summed E-state index contributed by atoms with van der Waals surface area (Å²) in [5.41, 5.74) is 2.56. The first-order chi connectivity index (χ1) is 6.40. The Kier molecular flexibility index (Phi) is 2.35. The van der Waals surface area contributed by atoms with Gasteiger partial charge in [0.05, 0.1) is 0 Å². The Hall–Kier alpha value is -1.24. The minimum absolute atomic E-state index is 0.674. The molecular weight excluding hydrogens is 158 g/mol. The van der Waals surface area contributed by atoms with Gasteiger partial charge in [-0.05, 0) is 24.0 Å². The van der Waals surface area contributed by atoms with Gasteiger partial charge in [-0.25, -0.2) is 0 Å². The highest BCUT2D eigenvalue weighted by Gasteiger charge is 2.07. The number of hydrogen-bond acceptors (Lipinski definition) is 1. The molecule has 0 bridgehead atoms. The molecular formula is C12H15N. The van der Waals surface area contributed by atoms with Crippen molar-refractivity contribution in [2.75, 3.05) is 11.9 Å². The summed E-state index contributed by atoms with van der Waals surface area (Å²) in [6.07, 6.45) is 5.74. The molecule has 1 unspecified atom stereocenters.